The van der Waals surface area contributed by atoms with Crippen LogP contribution in [0.15, 0.2) is 33.9 Å². The first-order valence-electron chi connectivity index (χ1n) is 4.95. The Labute approximate surface area is 96.4 Å². The van der Waals surface area contributed by atoms with Gasteiger partial charge in [0.2, 0.25) is 0 Å². The van der Waals surface area contributed by atoms with Gasteiger partial charge in [-0.2, -0.15) is 5.26 Å². The molecule has 84 valence electrons. The van der Waals surface area contributed by atoms with E-state index < -0.39 is 11.2 Å². The molecule has 0 saturated carbocycles. The zero-order valence-electron chi connectivity index (χ0n) is 9.07. The molecule has 0 aliphatic carbocycles. The van der Waals surface area contributed by atoms with Crippen molar-refractivity contribution in [3.63, 3.8) is 0 Å². The van der Waals surface area contributed by atoms with E-state index in [9.17, 15) is 9.59 Å². The van der Waals surface area contributed by atoms with Crippen LogP contribution < -0.4 is 11.2 Å². The Morgan fingerprint density at radius 1 is 1.24 bits per heavy atom. The molecule has 17 heavy (non-hydrogen) atoms. The number of nitrogens with zero attached hydrogens (tertiary/aromatic N) is 1. The monoisotopic (exact) mass is 227 g/mol. The molecule has 2 N–H and O–H groups in total. The van der Waals surface area contributed by atoms with Gasteiger partial charge >= 0.3 is 5.69 Å². The van der Waals surface area contributed by atoms with E-state index in [1.807, 2.05) is 18.0 Å². The number of nitrogens with one attached hydrogen (secondary N) is 2. The highest BCUT2D eigenvalue weighted by Crippen LogP contribution is 2.18. The van der Waals surface area contributed by atoms with Gasteiger partial charge < -0.3 is 4.98 Å². The van der Waals surface area contributed by atoms with Crippen LogP contribution in [0.2, 0.25) is 0 Å². The van der Waals surface area contributed by atoms with Crippen molar-refractivity contribution >= 4 is 0 Å². The quantitative estimate of drug-likeness (QED) is 0.758. The number of aromatic amines is 2. The summed E-state index contributed by atoms with van der Waals surface area (Å²) in [5.41, 5.74) is 0.496. The summed E-state index contributed by atoms with van der Waals surface area (Å²) in [4.78, 5) is 27.2. The highest BCUT2D eigenvalue weighted by molar-refractivity contribution is 5.66. The molecule has 1 aromatic carbocycles. The van der Waals surface area contributed by atoms with Crippen LogP contribution in [0.1, 0.15) is 11.1 Å². The van der Waals surface area contributed by atoms with Crippen molar-refractivity contribution in [2.24, 2.45) is 0 Å². The second-order valence-electron chi connectivity index (χ2n) is 3.64. The molecule has 1 aromatic heterocycles. The van der Waals surface area contributed by atoms with Crippen molar-refractivity contribution < 1.29 is 0 Å². The lowest BCUT2D eigenvalue weighted by Gasteiger charge is -2.03. The number of rotatable bonds is 1. The van der Waals surface area contributed by atoms with Gasteiger partial charge in [-0.15, -0.1) is 0 Å². The molecule has 0 bridgehead atoms. The van der Waals surface area contributed by atoms with Crippen molar-refractivity contribution in [1.82, 2.24) is 9.97 Å². The van der Waals surface area contributed by atoms with Gasteiger partial charge in [0.15, 0.2) is 0 Å². The maximum atomic E-state index is 11.5. The number of benzene rings is 1. The Bertz CT molecular complexity index is 720. The minimum atomic E-state index is -0.673. The van der Waals surface area contributed by atoms with Crippen LogP contribution in [0, 0.1) is 18.3 Å². The van der Waals surface area contributed by atoms with E-state index in [1.165, 1.54) is 0 Å². The normalized spacial score (nSPS) is 9.88. The lowest BCUT2D eigenvalue weighted by molar-refractivity contribution is 1.03. The van der Waals surface area contributed by atoms with Crippen LogP contribution in [0.25, 0.3) is 11.3 Å². The Hall–Kier alpha value is -2.61. The van der Waals surface area contributed by atoms with E-state index >= 15 is 0 Å². The van der Waals surface area contributed by atoms with E-state index in [-0.39, 0.29) is 11.3 Å². The number of hydrogen-bond acceptors (Lipinski definition) is 3. The summed E-state index contributed by atoms with van der Waals surface area (Å²) in [7, 11) is 0. The predicted octanol–water partition coefficient (Wildman–Crippen LogP) is 0.910. The first-order valence-corrected chi connectivity index (χ1v) is 4.95. The fourth-order valence-corrected chi connectivity index (χ4v) is 1.61. The molecule has 1 heterocycles. The van der Waals surface area contributed by atoms with Gasteiger partial charge in [-0.05, 0) is 18.6 Å². The molecule has 0 radical (unpaired) electrons. The maximum Gasteiger partial charge on any atom is 0.326 e. The van der Waals surface area contributed by atoms with Crippen molar-refractivity contribution in [1.29, 1.82) is 5.26 Å². The van der Waals surface area contributed by atoms with Crippen LogP contribution in [0.4, 0.5) is 0 Å². The largest absolute Gasteiger partial charge is 0.326 e. The molecule has 0 aliphatic heterocycles. The summed E-state index contributed by atoms with van der Waals surface area (Å²) in [6.45, 7) is 1.89. The topological polar surface area (TPSA) is 89.5 Å². The number of nitriles is 1. The molecular formula is C12H9N3O2. The Balaban J connectivity index is 2.80. The number of aryl methyl sites for hydroxylation is 1. The van der Waals surface area contributed by atoms with Gasteiger partial charge in [0.25, 0.3) is 5.56 Å². The van der Waals surface area contributed by atoms with E-state index in [4.69, 9.17) is 5.26 Å². The average molecular weight is 227 g/mol. The molecule has 0 aliphatic rings. The standard InChI is InChI=1S/C12H9N3O2/c1-7-3-2-4-8(5-7)10-9(6-13)11(16)15-12(17)14-10/h2-5H,1H3,(H2,14,15,16,17). The lowest BCUT2D eigenvalue weighted by Crippen LogP contribution is -2.25. The number of aromatic nitrogens is 2. The molecule has 0 fully saturated rings. The van der Waals surface area contributed by atoms with Gasteiger partial charge in [-0.1, -0.05) is 23.8 Å². The SMILES string of the molecule is Cc1cccc(-c2[nH]c(=O)[nH]c(=O)c2C#N)c1. The third kappa shape index (κ3) is 2.01. The molecule has 0 spiro atoms. The molecule has 0 amide bonds. The highest BCUT2D eigenvalue weighted by Gasteiger charge is 2.10. The van der Waals surface area contributed by atoms with E-state index in [0.29, 0.717) is 5.56 Å². The van der Waals surface area contributed by atoms with Crippen molar-refractivity contribution in [3.05, 3.63) is 56.2 Å². The van der Waals surface area contributed by atoms with Crippen molar-refractivity contribution in [2.75, 3.05) is 0 Å². The smallest absolute Gasteiger partial charge is 0.306 e. The van der Waals surface area contributed by atoms with Crippen LogP contribution >= 0.6 is 0 Å². The molecule has 2 aromatic rings. The third-order valence-electron chi connectivity index (χ3n) is 2.36. The van der Waals surface area contributed by atoms with E-state index in [0.717, 1.165) is 5.56 Å². The highest BCUT2D eigenvalue weighted by atomic mass is 16.2. The van der Waals surface area contributed by atoms with E-state index in [1.54, 1.807) is 24.3 Å². The second-order valence-corrected chi connectivity index (χ2v) is 3.64. The molecule has 5 heteroatoms. The number of hydrogen-bond donors (Lipinski definition) is 2. The molecule has 0 atom stereocenters. The van der Waals surface area contributed by atoms with E-state index in [2.05, 4.69) is 4.98 Å². The predicted molar refractivity (Wildman–Crippen MR) is 62.6 cm³/mol. The van der Waals surface area contributed by atoms with Crippen LogP contribution in [-0.4, -0.2) is 9.97 Å². The van der Waals surface area contributed by atoms with Crippen LogP contribution in [0.5, 0.6) is 0 Å². The minimum absolute atomic E-state index is 0.0878. The number of H-pyrrole nitrogens is 2. The summed E-state index contributed by atoms with van der Waals surface area (Å²) in [5, 5.41) is 8.93. The summed E-state index contributed by atoms with van der Waals surface area (Å²) in [6.07, 6.45) is 0. The third-order valence-corrected chi connectivity index (χ3v) is 2.36. The zero-order valence-corrected chi connectivity index (χ0v) is 9.07. The summed E-state index contributed by atoms with van der Waals surface area (Å²) in [6, 6.07) is 9.01. The van der Waals surface area contributed by atoms with Gasteiger partial charge in [0.05, 0.1) is 5.69 Å². The second kappa shape index (κ2) is 4.10. The van der Waals surface area contributed by atoms with Gasteiger partial charge in [-0.25, -0.2) is 4.79 Å². The summed E-state index contributed by atoms with van der Waals surface area (Å²) < 4.78 is 0. The Kier molecular flexibility index (Phi) is 2.63. The maximum absolute atomic E-state index is 11.5. The fraction of sp³-hybridized carbons (Fsp3) is 0.0833. The van der Waals surface area contributed by atoms with Gasteiger partial charge in [0.1, 0.15) is 11.6 Å². The molecule has 0 unspecified atom stereocenters. The minimum Gasteiger partial charge on any atom is -0.306 e. The van der Waals surface area contributed by atoms with Crippen molar-refractivity contribution in [2.45, 2.75) is 6.92 Å². The molecule has 5 nitrogen and oxygen atoms in total. The fourth-order valence-electron chi connectivity index (χ4n) is 1.61. The first-order chi connectivity index (χ1) is 8.11. The molecular weight excluding hydrogens is 218 g/mol. The zero-order chi connectivity index (χ0) is 12.4. The molecule has 0 saturated heterocycles. The Morgan fingerprint density at radius 3 is 2.65 bits per heavy atom. The summed E-state index contributed by atoms with van der Waals surface area (Å²) in [5.74, 6) is 0. The summed E-state index contributed by atoms with van der Waals surface area (Å²) >= 11 is 0. The van der Waals surface area contributed by atoms with Crippen LogP contribution in [0.3, 0.4) is 0 Å². The lowest BCUT2D eigenvalue weighted by atomic mass is 10.1. The van der Waals surface area contributed by atoms with Gasteiger partial charge in [-0.3, -0.25) is 9.78 Å². The van der Waals surface area contributed by atoms with Gasteiger partial charge in [0, 0.05) is 0 Å². The van der Waals surface area contributed by atoms with Crippen LogP contribution in [-0.2, 0) is 0 Å². The first kappa shape index (κ1) is 10.9. The molecule has 2 rings (SSSR count). The Morgan fingerprint density at radius 2 is 2.00 bits per heavy atom. The average Bonchev–Trinajstić information content (AvgIpc) is 2.28. The van der Waals surface area contributed by atoms with Crippen molar-refractivity contribution in [3.8, 4) is 17.3 Å².